The number of hydrogen-bond donors (Lipinski definition) is 22. The van der Waals surface area contributed by atoms with E-state index in [0.29, 0.717) is 47.7 Å². The van der Waals surface area contributed by atoms with Gasteiger partial charge in [-0.3, -0.25) is 67.7 Å². The number of aliphatic hydroxyl groups is 3. The molecule has 0 spiro atoms. The highest BCUT2D eigenvalue weighted by Gasteiger charge is 2.41. The minimum absolute atomic E-state index is 0.0254. The predicted octanol–water partition coefficient (Wildman–Crippen LogP) is -5.20. The number of nitrogens with two attached hydrogens (primary N) is 4. The van der Waals surface area contributed by atoms with Crippen LogP contribution in [-0.4, -0.2) is 236 Å². The molecule has 0 saturated carbocycles. The third-order valence-electron chi connectivity index (χ3n) is 18.7. The van der Waals surface area contributed by atoms with Crippen molar-refractivity contribution in [2.75, 3.05) is 46.0 Å². The summed E-state index contributed by atoms with van der Waals surface area (Å²) in [5, 5.41) is 69.6. The number of aliphatic hydroxyl groups excluding tert-OH is 3. The summed E-state index contributed by atoms with van der Waals surface area (Å²) < 4.78 is 0. The molecule has 3 heterocycles. The van der Waals surface area contributed by atoms with Gasteiger partial charge in [0.15, 0.2) is 5.96 Å². The molecule has 0 bridgehead atoms. The van der Waals surface area contributed by atoms with E-state index in [1.165, 1.54) is 17.4 Å². The molecular formula is C71H109N21O16. The van der Waals surface area contributed by atoms with Crippen LogP contribution in [0, 0.1) is 23.2 Å². The van der Waals surface area contributed by atoms with Gasteiger partial charge in [0.25, 0.3) is 0 Å². The maximum absolute atomic E-state index is 15.1. The van der Waals surface area contributed by atoms with Crippen molar-refractivity contribution in [2.45, 2.75) is 191 Å². The van der Waals surface area contributed by atoms with Crippen molar-refractivity contribution in [2.24, 2.45) is 40.7 Å². The second kappa shape index (κ2) is 44.5. The molecule has 26 N–H and O–H groups in total. The molecule has 1 aliphatic heterocycles. The van der Waals surface area contributed by atoms with E-state index in [0.717, 1.165) is 0 Å². The number of aromatic nitrogens is 3. The lowest BCUT2D eigenvalue weighted by atomic mass is 9.94. The van der Waals surface area contributed by atoms with Gasteiger partial charge in [0.2, 0.25) is 76.8 Å². The van der Waals surface area contributed by atoms with E-state index in [9.17, 15) is 68.1 Å². The van der Waals surface area contributed by atoms with Gasteiger partial charge in [-0.1, -0.05) is 103 Å². The maximum atomic E-state index is 15.1. The van der Waals surface area contributed by atoms with Gasteiger partial charge in [-0.25, -0.2) is 4.98 Å². The van der Waals surface area contributed by atoms with Gasteiger partial charge in [0, 0.05) is 55.6 Å². The van der Waals surface area contributed by atoms with Crippen LogP contribution in [0.4, 0.5) is 0 Å². The lowest BCUT2D eigenvalue weighted by Crippen LogP contribution is -2.63. The number of H-pyrrole nitrogens is 2. The monoisotopic (exact) mass is 1510 g/mol. The Kier molecular flexibility index (Phi) is 36.2. The second-order valence-electron chi connectivity index (χ2n) is 27.2. The first-order valence-corrected chi connectivity index (χ1v) is 36.3. The number of imidazole rings is 1. The number of primary amides is 1. The van der Waals surface area contributed by atoms with Gasteiger partial charge in [-0.05, 0) is 86.4 Å². The zero-order valence-electron chi connectivity index (χ0n) is 61.9. The Morgan fingerprint density at radius 1 is 0.574 bits per heavy atom. The van der Waals surface area contributed by atoms with Crippen molar-refractivity contribution >= 4 is 93.7 Å². The number of nitrogens with zero attached hydrogens (tertiary/aromatic N) is 2. The maximum Gasteiger partial charge on any atom is 0.245 e. The van der Waals surface area contributed by atoms with Gasteiger partial charge < -0.3 is 117 Å². The van der Waals surface area contributed by atoms with Crippen LogP contribution in [0.1, 0.15) is 116 Å². The number of benzene rings is 2. The van der Waals surface area contributed by atoms with E-state index in [-0.39, 0.29) is 82.6 Å². The fourth-order valence-corrected chi connectivity index (χ4v) is 12.0. The number of nitrogens with one attached hydrogen (secondary N) is 15. The lowest BCUT2D eigenvalue weighted by Gasteiger charge is -2.30. The van der Waals surface area contributed by atoms with E-state index < -0.39 is 193 Å². The molecule has 2 aromatic heterocycles. The molecular weight excluding hydrogens is 1400 g/mol. The summed E-state index contributed by atoms with van der Waals surface area (Å²) in [4.78, 5) is 194. The van der Waals surface area contributed by atoms with Crippen molar-refractivity contribution in [3.8, 4) is 0 Å². The summed E-state index contributed by atoms with van der Waals surface area (Å²) in [5.74, 6) is -13.3. The van der Waals surface area contributed by atoms with E-state index in [1.54, 1.807) is 102 Å². The summed E-state index contributed by atoms with van der Waals surface area (Å²) >= 11 is 0. The van der Waals surface area contributed by atoms with Crippen LogP contribution in [0.2, 0.25) is 0 Å². The van der Waals surface area contributed by atoms with Gasteiger partial charge in [0.05, 0.1) is 38.4 Å². The SMILES string of the molecule is CC[C@H](C)[C@H](NC(=O)[C@H](CO)NC(=O)[C@@H](N)CO)C(=O)N[C@H](C(=O)N[C@@H](CO)C(=O)N[C@@H](Cc1c[nH]cn1)C(=O)N[C@@H](Cc1ccccc1)C(=O)N[C@@H](CCCNC(=N)N)C(=O)N[C@@H](Cc1c[nH]c2ccccc12)C(=O)NCC(=O)N[C@@H](CCCCN)C(=O)N1CCC[C@H]1C(=O)N[C@H](C(N)=O)C(C)C)[C@@H](C)CC. The molecule has 2 aromatic carbocycles. The molecule has 13 amide bonds. The zero-order chi connectivity index (χ0) is 79.7. The highest BCUT2D eigenvalue weighted by Crippen LogP contribution is 2.23. The molecule has 37 heteroatoms. The Bertz CT molecular complexity index is 3670. The van der Waals surface area contributed by atoms with Crippen LogP contribution >= 0.6 is 0 Å². The number of para-hydroxylation sites is 1. The van der Waals surface area contributed by atoms with Gasteiger partial charge in [-0.15, -0.1) is 0 Å². The summed E-state index contributed by atoms with van der Waals surface area (Å²) in [5.41, 5.74) is 24.5. The van der Waals surface area contributed by atoms with Crippen LogP contribution in [-0.2, 0) is 81.6 Å². The predicted molar refractivity (Wildman–Crippen MR) is 396 cm³/mol. The lowest BCUT2D eigenvalue weighted by molar-refractivity contribution is -0.142. The number of aromatic amines is 2. The molecule has 37 nitrogen and oxygen atoms in total. The Balaban J connectivity index is 1.41. The average molecular weight is 1510 g/mol. The molecule has 14 atom stereocenters. The number of unbranched alkanes of at least 4 members (excludes halogenated alkanes) is 1. The number of rotatable bonds is 46. The van der Waals surface area contributed by atoms with Crippen LogP contribution in [0.15, 0.2) is 73.3 Å². The summed E-state index contributed by atoms with van der Waals surface area (Å²) in [6.07, 6.45) is 5.81. The van der Waals surface area contributed by atoms with Crippen molar-refractivity contribution in [3.63, 3.8) is 0 Å². The number of likely N-dealkylation sites (tertiary alicyclic amines) is 1. The molecule has 1 saturated heterocycles. The number of amides is 13. The van der Waals surface area contributed by atoms with E-state index in [4.69, 9.17) is 28.3 Å². The molecule has 0 radical (unpaired) electrons. The number of guanidine groups is 1. The quantitative estimate of drug-likeness (QED) is 0.0112. The first-order chi connectivity index (χ1) is 51.5. The van der Waals surface area contributed by atoms with Crippen LogP contribution in [0.25, 0.3) is 10.9 Å². The van der Waals surface area contributed by atoms with E-state index in [1.807, 2.05) is 0 Å². The Morgan fingerprint density at radius 2 is 1.11 bits per heavy atom. The Hall–Kier alpha value is -10.6. The van der Waals surface area contributed by atoms with E-state index in [2.05, 4.69) is 78.8 Å². The highest BCUT2D eigenvalue weighted by molar-refractivity contribution is 6.00. The minimum Gasteiger partial charge on any atom is -0.394 e. The number of hydrogen-bond acceptors (Lipinski definition) is 20. The first kappa shape index (κ1) is 88.0. The van der Waals surface area contributed by atoms with Crippen molar-refractivity contribution in [3.05, 3.63) is 90.1 Å². The van der Waals surface area contributed by atoms with E-state index >= 15 is 9.59 Å². The van der Waals surface area contributed by atoms with Crippen molar-refractivity contribution < 1.29 is 77.6 Å². The zero-order valence-corrected chi connectivity index (χ0v) is 61.9. The molecule has 1 fully saturated rings. The fourth-order valence-electron chi connectivity index (χ4n) is 12.0. The Labute approximate surface area is 625 Å². The fraction of sp³-hybridized carbons (Fsp3) is 0.563. The highest BCUT2D eigenvalue weighted by atomic mass is 16.3. The third-order valence-corrected chi connectivity index (χ3v) is 18.7. The van der Waals surface area contributed by atoms with Crippen molar-refractivity contribution in [1.82, 2.24) is 83.7 Å². The molecule has 0 aliphatic carbocycles. The van der Waals surface area contributed by atoms with Crippen LogP contribution in [0.3, 0.4) is 0 Å². The summed E-state index contributed by atoms with van der Waals surface area (Å²) in [6, 6.07) is -1.39. The molecule has 0 unspecified atom stereocenters. The Morgan fingerprint density at radius 3 is 1.69 bits per heavy atom. The molecule has 1 aliphatic rings. The second-order valence-corrected chi connectivity index (χ2v) is 27.2. The normalized spacial score (nSPS) is 16.3. The standard InChI is InChI=1S/C71H109N21O16/c1-7-39(5)57(91-69(107)58(40(6)8-2)90-66(104)53(36-95)87-60(98)45(73)34-93)68(106)88-52(35-94)65(103)86-51(30-43-32-77-37-81-43)64(102)84-49(28-41-18-10-9-11-19-41)63(101)83-47(23-16-26-78-71(75)76)62(100)85-50(29-42-31-79-46-21-13-12-20-44(42)46)61(99)80-33-55(96)82-48(22-14-15-25-72)70(108)92-27-17-24-54(92)67(105)89-56(38(3)4)59(74)97/h9-13,18-21,31-32,37-40,45,47-54,56-58,79,93-95H,7-8,14-17,22-30,33-36,72-73H2,1-6H3,(H2,74,97)(H,77,81)(H,80,99)(H,82,96)(H,83,101)(H,84,102)(H,85,100)(H,86,103)(H,87,98)(H,88,106)(H,89,105)(H,90,104)(H,91,107)(H4,75,76,78)/t39-,40-,45-,47-,48-,49-,50-,51-,52-,53-,54-,56-,57-,58-/m0/s1. The average Bonchev–Trinajstić information content (AvgIpc) is 1.67. The summed E-state index contributed by atoms with van der Waals surface area (Å²) in [6.45, 7) is 7.12. The molecule has 5 rings (SSSR count). The number of carbonyl (C=O) groups excluding carboxylic acids is 13. The molecule has 4 aromatic rings. The topological polar surface area (TPSA) is 603 Å². The van der Waals surface area contributed by atoms with Gasteiger partial charge >= 0.3 is 0 Å². The third kappa shape index (κ3) is 27.0. The molecule has 594 valence electrons. The minimum atomic E-state index is -1.80. The molecule has 108 heavy (non-hydrogen) atoms. The van der Waals surface area contributed by atoms with Crippen molar-refractivity contribution in [1.29, 1.82) is 5.41 Å². The van der Waals surface area contributed by atoms with Crippen LogP contribution in [0.5, 0.6) is 0 Å². The summed E-state index contributed by atoms with van der Waals surface area (Å²) in [7, 11) is 0. The first-order valence-electron chi connectivity index (χ1n) is 36.3. The number of fused-ring (bicyclic) bond motifs is 1. The smallest absolute Gasteiger partial charge is 0.245 e. The van der Waals surface area contributed by atoms with Crippen LogP contribution < -0.4 is 86.7 Å². The van der Waals surface area contributed by atoms with Gasteiger partial charge in [0.1, 0.15) is 72.5 Å². The largest absolute Gasteiger partial charge is 0.394 e. The van der Waals surface area contributed by atoms with Gasteiger partial charge in [-0.2, -0.15) is 0 Å². The number of carbonyl (C=O) groups is 13.